The third-order valence-corrected chi connectivity index (χ3v) is 2.91. The minimum absolute atomic E-state index is 0.0500. The Morgan fingerprint density at radius 1 is 1.28 bits per heavy atom. The van der Waals surface area contributed by atoms with Gasteiger partial charge < -0.3 is 16.4 Å². The number of rotatable bonds is 5. The Morgan fingerprint density at radius 3 is 2.61 bits per heavy atom. The van der Waals surface area contributed by atoms with Crippen molar-refractivity contribution in [3.63, 3.8) is 0 Å². The van der Waals surface area contributed by atoms with E-state index in [0.717, 1.165) is 15.6 Å². The average Bonchev–Trinajstić information content (AvgIpc) is 2.34. The summed E-state index contributed by atoms with van der Waals surface area (Å²) >= 11 is 3.38. The molecular weight excluding hydrogens is 298 g/mol. The minimum atomic E-state index is -0.343. The Bertz CT molecular complexity index is 449. The van der Waals surface area contributed by atoms with E-state index >= 15 is 0 Å². The lowest BCUT2D eigenvalue weighted by Crippen LogP contribution is -2.39. The molecule has 0 aliphatic heterocycles. The zero-order valence-corrected chi connectivity index (χ0v) is 11.7. The second-order valence-corrected chi connectivity index (χ2v) is 4.74. The molecule has 0 spiro atoms. The highest BCUT2D eigenvalue weighted by atomic mass is 79.9. The normalized spacial score (nSPS) is 9.94. The summed E-state index contributed by atoms with van der Waals surface area (Å²) < 4.78 is 1.00. The maximum absolute atomic E-state index is 11.4. The zero-order chi connectivity index (χ0) is 13.5. The van der Waals surface area contributed by atoms with Gasteiger partial charge in [-0.2, -0.15) is 0 Å². The maximum atomic E-state index is 11.4. The molecule has 98 valence electrons. The van der Waals surface area contributed by atoms with Crippen molar-refractivity contribution in [2.75, 3.05) is 13.1 Å². The molecule has 0 aliphatic carbocycles. The molecule has 5 nitrogen and oxygen atoms in total. The van der Waals surface area contributed by atoms with Gasteiger partial charge in [-0.05, 0) is 30.2 Å². The fourth-order valence-corrected chi connectivity index (χ4v) is 1.84. The molecule has 0 saturated heterocycles. The third-order valence-electron chi connectivity index (χ3n) is 2.41. The van der Waals surface area contributed by atoms with Crippen LogP contribution < -0.4 is 16.4 Å². The Hall–Kier alpha value is -1.40. The van der Waals surface area contributed by atoms with Crippen molar-refractivity contribution in [3.8, 4) is 0 Å². The second-order valence-electron chi connectivity index (χ2n) is 3.83. The number of nitrogens with one attached hydrogen (secondary N) is 2. The summed E-state index contributed by atoms with van der Waals surface area (Å²) in [6.07, 6.45) is 0. The SMILES string of the molecule is Cc1cc(Br)ccc1CNC(=O)CNC(=O)CN. The molecule has 1 aromatic carbocycles. The monoisotopic (exact) mass is 313 g/mol. The topological polar surface area (TPSA) is 84.2 Å². The van der Waals surface area contributed by atoms with Crippen LogP contribution in [0.2, 0.25) is 0 Å². The molecule has 0 aliphatic rings. The van der Waals surface area contributed by atoms with Crippen LogP contribution in [0.25, 0.3) is 0 Å². The van der Waals surface area contributed by atoms with Gasteiger partial charge in [-0.3, -0.25) is 9.59 Å². The molecular formula is C12H16BrN3O2. The van der Waals surface area contributed by atoms with E-state index in [4.69, 9.17) is 5.73 Å². The highest BCUT2D eigenvalue weighted by Gasteiger charge is 2.05. The Morgan fingerprint density at radius 2 is 2.00 bits per heavy atom. The maximum Gasteiger partial charge on any atom is 0.239 e. The largest absolute Gasteiger partial charge is 0.350 e. The minimum Gasteiger partial charge on any atom is -0.350 e. The van der Waals surface area contributed by atoms with E-state index in [1.54, 1.807) is 0 Å². The van der Waals surface area contributed by atoms with Gasteiger partial charge in [-0.15, -0.1) is 0 Å². The standard InChI is InChI=1S/C12H16BrN3O2/c1-8-4-10(13)3-2-9(8)6-15-12(18)7-16-11(17)5-14/h2-4H,5-7,14H2,1H3,(H,15,18)(H,16,17). The lowest BCUT2D eigenvalue weighted by atomic mass is 10.1. The van der Waals surface area contributed by atoms with E-state index < -0.39 is 0 Å². The summed E-state index contributed by atoms with van der Waals surface area (Å²) in [4.78, 5) is 22.3. The first-order valence-electron chi connectivity index (χ1n) is 5.51. The van der Waals surface area contributed by atoms with Crippen molar-refractivity contribution >= 4 is 27.7 Å². The van der Waals surface area contributed by atoms with Crippen molar-refractivity contribution in [2.45, 2.75) is 13.5 Å². The van der Waals surface area contributed by atoms with Crippen LogP contribution in [0, 0.1) is 6.92 Å². The van der Waals surface area contributed by atoms with Crippen LogP contribution in [0.15, 0.2) is 22.7 Å². The van der Waals surface area contributed by atoms with Gasteiger partial charge in [0, 0.05) is 11.0 Å². The van der Waals surface area contributed by atoms with Crippen LogP contribution in [0.4, 0.5) is 0 Å². The molecule has 0 unspecified atom stereocenters. The van der Waals surface area contributed by atoms with Gasteiger partial charge >= 0.3 is 0 Å². The van der Waals surface area contributed by atoms with Crippen molar-refractivity contribution in [1.82, 2.24) is 10.6 Å². The van der Waals surface area contributed by atoms with Crippen molar-refractivity contribution in [1.29, 1.82) is 0 Å². The number of benzene rings is 1. The van der Waals surface area contributed by atoms with Gasteiger partial charge in [0.1, 0.15) is 0 Å². The number of amides is 2. The molecule has 0 bridgehead atoms. The van der Waals surface area contributed by atoms with E-state index in [1.165, 1.54) is 0 Å². The predicted molar refractivity (Wildman–Crippen MR) is 72.8 cm³/mol. The van der Waals surface area contributed by atoms with Gasteiger partial charge in [-0.25, -0.2) is 0 Å². The van der Waals surface area contributed by atoms with Crippen molar-refractivity contribution in [2.24, 2.45) is 5.73 Å². The Kier molecular flexibility index (Phi) is 5.80. The van der Waals surface area contributed by atoms with Gasteiger partial charge in [0.05, 0.1) is 13.1 Å². The number of aryl methyl sites for hydroxylation is 1. The summed E-state index contributed by atoms with van der Waals surface area (Å²) in [6.45, 7) is 2.25. The summed E-state index contributed by atoms with van der Waals surface area (Å²) in [5.41, 5.74) is 7.24. The number of carbonyl (C=O) groups is 2. The summed E-state index contributed by atoms with van der Waals surface area (Å²) in [6, 6.07) is 5.85. The molecule has 0 atom stereocenters. The van der Waals surface area contributed by atoms with E-state index in [2.05, 4.69) is 26.6 Å². The average molecular weight is 314 g/mol. The zero-order valence-electron chi connectivity index (χ0n) is 10.1. The third kappa shape index (κ3) is 4.85. The number of carbonyl (C=O) groups excluding carboxylic acids is 2. The van der Waals surface area contributed by atoms with Crippen LogP contribution in [0.1, 0.15) is 11.1 Å². The smallest absolute Gasteiger partial charge is 0.239 e. The molecule has 18 heavy (non-hydrogen) atoms. The van der Waals surface area contributed by atoms with E-state index in [0.29, 0.717) is 6.54 Å². The van der Waals surface area contributed by atoms with Crippen LogP contribution in [0.5, 0.6) is 0 Å². The highest BCUT2D eigenvalue weighted by Crippen LogP contribution is 2.15. The molecule has 1 rings (SSSR count). The van der Waals surface area contributed by atoms with Crippen molar-refractivity contribution in [3.05, 3.63) is 33.8 Å². The van der Waals surface area contributed by atoms with Crippen molar-refractivity contribution < 1.29 is 9.59 Å². The van der Waals surface area contributed by atoms with Crippen LogP contribution in [-0.4, -0.2) is 24.9 Å². The van der Waals surface area contributed by atoms with Gasteiger partial charge in [0.25, 0.3) is 0 Å². The summed E-state index contributed by atoms with van der Waals surface area (Å²) in [7, 11) is 0. The fourth-order valence-electron chi connectivity index (χ4n) is 1.36. The first-order valence-corrected chi connectivity index (χ1v) is 6.30. The number of halogens is 1. The molecule has 4 N–H and O–H groups in total. The Labute approximate surface area is 114 Å². The van der Waals surface area contributed by atoms with Crippen LogP contribution in [-0.2, 0) is 16.1 Å². The quantitative estimate of drug-likeness (QED) is 0.738. The molecule has 1 aromatic rings. The van der Waals surface area contributed by atoms with Crippen LogP contribution >= 0.6 is 15.9 Å². The molecule has 0 fully saturated rings. The molecule has 0 saturated carbocycles. The van der Waals surface area contributed by atoms with Gasteiger partial charge in [0.15, 0.2) is 0 Å². The molecule has 0 radical (unpaired) electrons. The number of hydrogen-bond acceptors (Lipinski definition) is 3. The number of nitrogens with two attached hydrogens (primary N) is 1. The highest BCUT2D eigenvalue weighted by molar-refractivity contribution is 9.10. The van der Waals surface area contributed by atoms with E-state index in [1.807, 2.05) is 25.1 Å². The lowest BCUT2D eigenvalue weighted by molar-refractivity contribution is -0.125. The number of hydrogen-bond donors (Lipinski definition) is 3. The molecule has 2 amide bonds. The molecule has 6 heteroatoms. The predicted octanol–water partition coefficient (Wildman–Crippen LogP) is 0.449. The van der Waals surface area contributed by atoms with Gasteiger partial charge in [-0.1, -0.05) is 22.0 Å². The second kappa shape index (κ2) is 7.13. The molecule has 0 heterocycles. The first-order chi connectivity index (χ1) is 8.52. The van der Waals surface area contributed by atoms with E-state index in [9.17, 15) is 9.59 Å². The fraction of sp³-hybridized carbons (Fsp3) is 0.333. The first kappa shape index (κ1) is 14.7. The summed E-state index contributed by atoms with van der Waals surface area (Å²) in [5, 5.41) is 5.14. The van der Waals surface area contributed by atoms with Crippen LogP contribution in [0.3, 0.4) is 0 Å². The lowest BCUT2D eigenvalue weighted by Gasteiger charge is -2.09. The Balaban J connectivity index is 2.40. The van der Waals surface area contributed by atoms with Gasteiger partial charge in [0.2, 0.25) is 11.8 Å². The van der Waals surface area contributed by atoms with E-state index in [-0.39, 0.29) is 24.9 Å². The molecule has 0 aromatic heterocycles. The summed E-state index contributed by atoms with van der Waals surface area (Å²) in [5.74, 6) is -0.580.